The average molecular weight is 378 g/mol. The van der Waals surface area contributed by atoms with Gasteiger partial charge in [0.25, 0.3) is 0 Å². The minimum Gasteiger partial charge on any atom is -0.480 e. The molecule has 10 heteroatoms. The smallest absolute Gasteiger partial charge is 0.480 e. The van der Waals surface area contributed by atoms with Crippen molar-refractivity contribution in [3.8, 4) is 17.1 Å². The van der Waals surface area contributed by atoms with E-state index in [0.29, 0.717) is 12.0 Å². The number of aliphatic carboxylic acids is 1. The van der Waals surface area contributed by atoms with Crippen LogP contribution in [0.25, 0.3) is 11.4 Å². The van der Waals surface area contributed by atoms with Crippen molar-refractivity contribution in [1.82, 2.24) is 20.2 Å². The van der Waals surface area contributed by atoms with Crippen molar-refractivity contribution < 1.29 is 27.8 Å². The number of hydrogen-bond acceptors (Lipinski definition) is 5. The van der Waals surface area contributed by atoms with Crippen LogP contribution in [-0.2, 0) is 17.8 Å². The Morgan fingerprint density at radius 1 is 1.11 bits per heavy atom. The monoisotopic (exact) mass is 378 g/mol. The zero-order valence-corrected chi connectivity index (χ0v) is 13.7. The summed E-state index contributed by atoms with van der Waals surface area (Å²) >= 11 is 0. The van der Waals surface area contributed by atoms with E-state index < -0.39 is 18.9 Å². The molecule has 1 N–H and O–H groups in total. The SMILES string of the molecule is O=C(O)Cn1nnc(-c2ccccc2Cc2ccc(OC(F)(F)F)cc2)n1. The van der Waals surface area contributed by atoms with E-state index in [-0.39, 0.29) is 11.6 Å². The number of tetrazole rings is 1. The first-order chi connectivity index (χ1) is 12.8. The van der Waals surface area contributed by atoms with Crippen LogP contribution in [0.15, 0.2) is 48.5 Å². The van der Waals surface area contributed by atoms with Crippen molar-refractivity contribution in [2.75, 3.05) is 0 Å². The molecule has 0 amide bonds. The number of ether oxygens (including phenoxy) is 1. The molecular formula is C17H13F3N4O3. The van der Waals surface area contributed by atoms with Crippen LogP contribution in [0.2, 0.25) is 0 Å². The lowest BCUT2D eigenvalue weighted by Gasteiger charge is -2.10. The van der Waals surface area contributed by atoms with E-state index >= 15 is 0 Å². The van der Waals surface area contributed by atoms with Gasteiger partial charge in [0.1, 0.15) is 5.75 Å². The predicted molar refractivity (Wildman–Crippen MR) is 86.8 cm³/mol. The van der Waals surface area contributed by atoms with Gasteiger partial charge >= 0.3 is 12.3 Å². The standard InChI is InChI=1S/C17H13F3N4O3/c18-17(19,20)27-13-7-5-11(6-8-13)9-12-3-1-2-4-14(12)16-21-23-24(22-16)10-15(25)26/h1-8H,9-10H2,(H,25,26). The molecule has 3 aromatic rings. The Bertz CT molecular complexity index is 939. The second-order valence-corrected chi connectivity index (χ2v) is 5.56. The van der Waals surface area contributed by atoms with E-state index in [1.54, 1.807) is 12.1 Å². The highest BCUT2D eigenvalue weighted by atomic mass is 19.4. The summed E-state index contributed by atoms with van der Waals surface area (Å²) in [5.41, 5.74) is 2.23. The summed E-state index contributed by atoms with van der Waals surface area (Å²) in [6.07, 6.45) is -4.32. The molecule has 0 saturated heterocycles. The third-order valence-electron chi connectivity index (χ3n) is 3.54. The Hall–Kier alpha value is -3.43. The van der Waals surface area contributed by atoms with Gasteiger partial charge in [0.05, 0.1) is 0 Å². The Morgan fingerprint density at radius 2 is 1.81 bits per heavy atom. The zero-order chi connectivity index (χ0) is 19.4. The van der Waals surface area contributed by atoms with Crippen molar-refractivity contribution in [3.05, 3.63) is 59.7 Å². The molecule has 1 aromatic heterocycles. The fraction of sp³-hybridized carbons (Fsp3) is 0.176. The van der Waals surface area contributed by atoms with Gasteiger partial charge in [-0.2, -0.15) is 4.80 Å². The molecule has 3 rings (SSSR count). The third-order valence-corrected chi connectivity index (χ3v) is 3.54. The molecule has 27 heavy (non-hydrogen) atoms. The fourth-order valence-electron chi connectivity index (χ4n) is 2.46. The largest absolute Gasteiger partial charge is 0.573 e. The number of carboxylic acid groups (broad SMARTS) is 1. The number of rotatable bonds is 6. The second kappa shape index (κ2) is 7.44. The Balaban J connectivity index is 1.80. The molecule has 1 heterocycles. The van der Waals surface area contributed by atoms with E-state index in [4.69, 9.17) is 5.11 Å². The predicted octanol–water partition coefficient (Wildman–Crippen LogP) is 2.91. The molecule has 0 bridgehead atoms. The number of benzene rings is 2. The minimum absolute atomic E-state index is 0.267. The number of halogens is 3. The van der Waals surface area contributed by atoms with Gasteiger partial charge in [-0.1, -0.05) is 36.4 Å². The summed E-state index contributed by atoms with van der Waals surface area (Å²) in [7, 11) is 0. The van der Waals surface area contributed by atoms with Crippen molar-refractivity contribution in [2.24, 2.45) is 0 Å². The van der Waals surface area contributed by atoms with E-state index in [0.717, 1.165) is 15.9 Å². The topological polar surface area (TPSA) is 90.1 Å². The zero-order valence-electron chi connectivity index (χ0n) is 13.7. The molecule has 0 aliphatic rings. The molecule has 0 unspecified atom stereocenters. The quantitative estimate of drug-likeness (QED) is 0.709. The maximum Gasteiger partial charge on any atom is 0.573 e. The van der Waals surface area contributed by atoms with Gasteiger partial charge < -0.3 is 9.84 Å². The van der Waals surface area contributed by atoms with E-state index in [2.05, 4.69) is 20.1 Å². The minimum atomic E-state index is -4.73. The second-order valence-electron chi connectivity index (χ2n) is 5.56. The maximum atomic E-state index is 12.2. The first kappa shape index (κ1) is 18.4. The van der Waals surface area contributed by atoms with Crippen LogP contribution in [0.5, 0.6) is 5.75 Å². The average Bonchev–Trinajstić information content (AvgIpc) is 3.03. The van der Waals surface area contributed by atoms with Crippen LogP contribution in [0.1, 0.15) is 11.1 Å². The number of alkyl halides is 3. The van der Waals surface area contributed by atoms with Crippen LogP contribution in [0.4, 0.5) is 13.2 Å². The number of aromatic nitrogens is 4. The first-order valence-corrected chi connectivity index (χ1v) is 7.73. The summed E-state index contributed by atoms with van der Waals surface area (Å²) < 4.78 is 40.5. The molecule has 0 saturated carbocycles. The fourth-order valence-corrected chi connectivity index (χ4v) is 2.46. The van der Waals surface area contributed by atoms with Crippen LogP contribution in [0.3, 0.4) is 0 Å². The van der Waals surface area contributed by atoms with Gasteiger partial charge in [-0.25, -0.2) is 0 Å². The number of carboxylic acids is 1. The summed E-state index contributed by atoms with van der Waals surface area (Å²) in [6.45, 7) is -0.407. The van der Waals surface area contributed by atoms with Gasteiger partial charge in [0.2, 0.25) is 5.82 Å². The number of hydrogen-bond donors (Lipinski definition) is 1. The van der Waals surface area contributed by atoms with Crippen molar-refractivity contribution in [2.45, 2.75) is 19.3 Å². The Morgan fingerprint density at radius 3 is 2.48 bits per heavy atom. The van der Waals surface area contributed by atoms with E-state index in [1.165, 1.54) is 24.3 Å². The maximum absolute atomic E-state index is 12.2. The first-order valence-electron chi connectivity index (χ1n) is 7.73. The molecule has 0 spiro atoms. The molecule has 7 nitrogen and oxygen atoms in total. The van der Waals surface area contributed by atoms with Gasteiger partial charge in [-0.05, 0) is 34.9 Å². The third kappa shape index (κ3) is 5.03. The van der Waals surface area contributed by atoms with Gasteiger partial charge in [-0.3, -0.25) is 4.79 Å². The number of carbonyl (C=O) groups is 1. The van der Waals surface area contributed by atoms with Crippen LogP contribution in [-0.4, -0.2) is 37.6 Å². The lowest BCUT2D eigenvalue weighted by molar-refractivity contribution is -0.274. The van der Waals surface area contributed by atoms with E-state index in [1.807, 2.05) is 12.1 Å². The summed E-state index contributed by atoms with van der Waals surface area (Å²) in [5.74, 6) is -1.12. The van der Waals surface area contributed by atoms with Crippen LogP contribution in [0, 0.1) is 0 Å². The molecule has 0 aliphatic heterocycles. The van der Waals surface area contributed by atoms with E-state index in [9.17, 15) is 18.0 Å². The van der Waals surface area contributed by atoms with Gasteiger partial charge in [-0.15, -0.1) is 23.4 Å². The molecule has 0 aliphatic carbocycles. The van der Waals surface area contributed by atoms with Crippen molar-refractivity contribution in [3.63, 3.8) is 0 Å². The molecule has 140 valence electrons. The summed E-state index contributed by atoms with van der Waals surface area (Å²) in [6, 6.07) is 12.7. The normalized spacial score (nSPS) is 11.4. The lowest BCUT2D eigenvalue weighted by atomic mass is 9.99. The van der Waals surface area contributed by atoms with Crippen LogP contribution >= 0.6 is 0 Å². The highest BCUT2D eigenvalue weighted by Crippen LogP contribution is 2.25. The molecule has 0 atom stereocenters. The highest BCUT2D eigenvalue weighted by Gasteiger charge is 2.30. The number of nitrogens with zero attached hydrogens (tertiary/aromatic N) is 4. The summed E-state index contributed by atoms with van der Waals surface area (Å²) in [5, 5.41) is 20.4. The molecule has 0 fully saturated rings. The summed E-state index contributed by atoms with van der Waals surface area (Å²) in [4.78, 5) is 11.7. The van der Waals surface area contributed by atoms with Crippen molar-refractivity contribution in [1.29, 1.82) is 0 Å². The molecule has 0 radical (unpaired) electrons. The Labute approximate surface area is 151 Å². The Kier molecular flexibility index (Phi) is 5.06. The van der Waals surface area contributed by atoms with Crippen LogP contribution < -0.4 is 4.74 Å². The lowest BCUT2D eigenvalue weighted by Crippen LogP contribution is -2.17. The van der Waals surface area contributed by atoms with Gasteiger partial charge in [0.15, 0.2) is 6.54 Å². The highest BCUT2D eigenvalue weighted by molar-refractivity contribution is 5.66. The molecular weight excluding hydrogens is 365 g/mol. The van der Waals surface area contributed by atoms with Crippen molar-refractivity contribution >= 4 is 5.97 Å². The van der Waals surface area contributed by atoms with Gasteiger partial charge in [0, 0.05) is 5.56 Å². The molecule has 2 aromatic carbocycles.